The average Bonchev–Trinajstić information content (AvgIpc) is 2.25. The first kappa shape index (κ1) is 17.1. The van der Waals surface area contributed by atoms with Crippen molar-refractivity contribution in [2.45, 2.75) is 82.6 Å². The van der Waals surface area contributed by atoms with Crippen LogP contribution >= 0.6 is 12.6 Å². The van der Waals surface area contributed by atoms with Crippen LogP contribution in [0.3, 0.4) is 0 Å². The average molecular weight is 270 g/mol. The van der Waals surface area contributed by atoms with Crippen molar-refractivity contribution in [1.82, 2.24) is 0 Å². The third kappa shape index (κ3) is 16.1. The second-order valence-electron chi connectivity index (χ2n) is 4.58. The standard InChI is InChI=1S/C13H25F3S/c14-12(15)10-8-6-4-2-1-3-5-7-9-11-13(16)17/h12-13,17H,1-11H2. The van der Waals surface area contributed by atoms with E-state index in [1.54, 1.807) is 0 Å². The van der Waals surface area contributed by atoms with Gasteiger partial charge in [0, 0.05) is 6.42 Å². The Morgan fingerprint density at radius 3 is 1.29 bits per heavy atom. The molecule has 1 unspecified atom stereocenters. The molecule has 0 heterocycles. The van der Waals surface area contributed by atoms with Crippen LogP contribution in [0.4, 0.5) is 13.2 Å². The van der Waals surface area contributed by atoms with Crippen LogP contribution in [0.1, 0.15) is 70.6 Å². The third-order valence-electron chi connectivity index (χ3n) is 2.86. The van der Waals surface area contributed by atoms with Gasteiger partial charge in [-0.15, -0.1) is 12.6 Å². The number of rotatable bonds is 12. The first-order valence-corrected chi connectivity index (χ1v) is 7.25. The minimum Gasteiger partial charge on any atom is -0.236 e. The zero-order chi connectivity index (χ0) is 12.9. The maximum absolute atomic E-state index is 12.3. The normalized spacial score (nSPS) is 13.2. The number of hydrogen-bond acceptors (Lipinski definition) is 1. The Balaban J connectivity index is 2.94. The maximum Gasteiger partial charge on any atom is 0.238 e. The number of unbranched alkanes of at least 4 members (excludes halogenated alkanes) is 8. The van der Waals surface area contributed by atoms with Gasteiger partial charge in [0.05, 0.1) is 0 Å². The topological polar surface area (TPSA) is 0 Å². The zero-order valence-corrected chi connectivity index (χ0v) is 11.4. The first-order valence-electron chi connectivity index (χ1n) is 6.73. The molecule has 0 aliphatic heterocycles. The quantitative estimate of drug-likeness (QED) is 0.338. The molecular formula is C13H25F3S. The molecule has 0 aliphatic carbocycles. The van der Waals surface area contributed by atoms with Gasteiger partial charge in [-0.05, 0) is 19.3 Å². The summed E-state index contributed by atoms with van der Waals surface area (Å²) >= 11 is 3.68. The van der Waals surface area contributed by atoms with Crippen LogP contribution in [-0.2, 0) is 0 Å². The summed E-state index contributed by atoms with van der Waals surface area (Å²) in [5.74, 6) is 0. The van der Waals surface area contributed by atoms with E-state index < -0.39 is 11.9 Å². The monoisotopic (exact) mass is 270 g/mol. The Bertz CT molecular complexity index is 136. The fraction of sp³-hybridized carbons (Fsp3) is 1.00. The lowest BCUT2D eigenvalue weighted by Crippen LogP contribution is -1.90. The molecule has 0 amide bonds. The molecule has 0 nitrogen and oxygen atoms in total. The molecule has 0 radical (unpaired) electrons. The van der Waals surface area contributed by atoms with Gasteiger partial charge in [-0.1, -0.05) is 44.9 Å². The first-order chi connectivity index (χ1) is 8.13. The molecule has 0 saturated carbocycles. The highest BCUT2D eigenvalue weighted by Gasteiger charge is 2.01. The molecule has 0 saturated heterocycles. The lowest BCUT2D eigenvalue weighted by molar-refractivity contribution is 0.133. The highest BCUT2D eigenvalue weighted by Crippen LogP contribution is 2.14. The minimum atomic E-state index is -2.14. The molecule has 0 N–H and O–H groups in total. The van der Waals surface area contributed by atoms with Gasteiger partial charge in [-0.25, -0.2) is 13.2 Å². The van der Waals surface area contributed by atoms with E-state index in [-0.39, 0.29) is 6.42 Å². The lowest BCUT2D eigenvalue weighted by Gasteiger charge is -2.03. The van der Waals surface area contributed by atoms with E-state index in [2.05, 4.69) is 12.6 Å². The van der Waals surface area contributed by atoms with E-state index in [1.165, 1.54) is 12.8 Å². The van der Waals surface area contributed by atoms with E-state index in [9.17, 15) is 13.2 Å². The summed E-state index contributed by atoms with van der Waals surface area (Å²) in [4.78, 5) is 0. The van der Waals surface area contributed by atoms with E-state index >= 15 is 0 Å². The van der Waals surface area contributed by atoms with Crippen LogP contribution in [0.25, 0.3) is 0 Å². The van der Waals surface area contributed by atoms with Gasteiger partial charge in [0.2, 0.25) is 6.43 Å². The van der Waals surface area contributed by atoms with Gasteiger partial charge in [0.1, 0.15) is 5.50 Å². The van der Waals surface area contributed by atoms with Crippen LogP contribution in [0, 0.1) is 0 Å². The van der Waals surface area contributed by atoms with Crippen molar-refractivity contribution >= 4 is 12.6 Å². The summed E-state index contributed by atoms with van der Waals surface area (Å²) in [5.41, 5.74) is -0.968. The molecule has 0 aromatic carbocycles. The molecule has 0 bridgehead atoms. The van der Waals surface area contributed by atoms with Crippen molar-refractivity contribution in [2.75, 3.05) is 0 Å². The van der Waals surface area contributed by atoms with Crippen molar-refractivity contribution in [3.05, 3.63) is 0 Å². The summed E-state index contributed by atoms with van der Waals surface area (Å²) in [6.07, 6.45) is 7.74. The number of alkyl halides is 3. The molecule has 17 heavy (non-hydrogen) atoms. The molecule has 4 heteroatoms. The Hall–Kier alpha value is 0.140. The zero-order valence-electron chi connectivity index (χ0n) is 10.5. The Labute approximate surface area is 109 Å². The largest absolute Gasteiger partial charge is 0.238 e. The van der Waals surface area contributed by atoms with Gasteiger partial charge < -0.3 is 0 Å². The van der Waals surface area contributed by atoms with Crippen LogP contribution < -0.4 is 0 Å². The highest BCUT2D eigenvalue weighted by atomic mass is 32.1. The summed E-state index contributed by atoms with van der Waals surface area (Å²) in [6.45, 7) is 0. The van der Waals surface area contributed by atoms with Crippen molar-refractivity contribution in [2.24, 2.45) is 0 Å². The fourth-order valence-corrected chi connectivity index (χ4v) is 2.03. The van der Waals surface area contributed by atoms with Crippen LogP contribution in [-0.4, -0.2) is 11.9 Å². The molecular weight excluding hydrogens is 245 g/mol. The van der Waals surface area contributed by atoms with Crippen molar-refractivity contribution in [3.8, 4) is 0 Å². The highest BCUT2D eigenvalue weighted by molar-refractivity contribution is 7.80. The molecule has 0 rings (SSSR count). The van der Waals surface area contributed by atoms with Crippen molar-refractivity contribution < 1.29 is 13.2 Å². The van der Waals surface area contributed by atoms with E-state index in [0.29, 0.717) is 12.8 Å². The van der Waals surface area contributed by atoms with Gasteiger partial charge in [0.15, 0.2) is 0 Å². The molecule has 0 spiro atoms. The number of halogens is 3. The summed E-state index contributed by atoms with van der Waals surface area (Å²) in [7, 11) is 0. The second-order valence-corrected chi connectivity index (χ2v) is 5.15. The maximum atomic E-state index is 12.3. The molecule has 1 atom stereocenters. The van der Waals surface area contributed by atoms with E-state index in [4.69, 9.17) is 0 Å². The van der Waals surface area contributed by atoms with Crippen molar-refractivity contribution in [3.63, 3.8) is 0 Å². The Morgan fingerprint density at radius 2 is 0.941 bits per heavy atom. The Kier molecular flexibility index (Phi) is 12.7. The van der Waals surface area contributed by atoms with Gasteiger partial charge in [0.25, 0.3) is 0 Å². The Morgan fingerprint density at radius 1 is 0.588 bits per heavy atom. The van der Waals surface area contributed by atoms with Gasteiger partial charge >= 0.3 is 0 Å². The predicted octanol–water partition coefficient (Wildman–Crippen LogP) is 5.77. The molecule has 0 aliphatic rings. The smallest absolute Gasteiger partial charge is 0.236 e. The summed E-state index contributed by atoms with van der Waals surface area (Å²) < 4.78 is 35.9. The molecule has 0 aromatic rings. The van der Waals surface area contributed by atoms with E-state index in [0.717, 1.165) is 38.5 Å². The lowest BCUT2D eigenvalue weighted by atomic mass is 10.1. The van der Waals surface area contributed by atoms with Crippen LogP contribution in [0.15, 0.2) is 0 Å². The summed E-state index contributed by atoms with van der Waals surface area (Å²) in [6, 6.07) is 0. The van der Waals surface area contributed by atoms with Crippen LogP contribution in [0.2, 0.25) is 0 Å². The number of hydrogen-bond donors (Lipinski definition) is 1. The van der Waals surface area contributed by atoms with Crippen LogP contribution in [0.5, 0.6) is 0 Å². The minimum absolute atomic E-state index is 0.0497. The second kappa shape index (κ2) is 12.6. The summed E-state index contributed by atoms with van der Waals surface area (Å²) in [5, 5.41) is 0. The molecule has 0 fully saturated rings. The van der Waals surface area contributed by atoms with E-state index in [1.807, 2.05) is 0 Å². The predicted molar refractivity (Wildman–Crippen MR) is 70.7 cm³/mol. The molecule has 104 valence electrons. The number of thiol groups is 1. The van der Waals surface area contributed by atoms with Gasteiger partial charge in [-0.2, -0.15) is 0 Å². The SMILES string of the molecule is FC(F)CCCCCCCCCCCC(F)S. The third-order valence-corrected chi connectivity index (χ3v) is 3.12. The van der Waals surface area contributed by atoms with Gasteiger partial charge in [-0.3, -0.25) is 0 Å². The van der Waals surface area contributed by atoms with Crippen molar-refractivity contribution in [1.29, 1.82) is 0 Å². The molecule has 0 aromatic heterocycles. The fourth-order valence-electron chi connectivity index (χ4n) is 1.85.